The maximum atomic E-state index is 12.2. The largest absolute Gasteiger partial charge is 0.325 e. The number of hydrogen-bond donors (Lipinski definition) is 2. The Morgan fingerprint density at radius 1 is 1.08 bits per heavy atom. The standard InChI is InChI=1S/C18H24N4O2/c1-11-9-13(7-8-14(11)20-17(24)18(3,4)5)19-16(23)15-10-12(2)22(6)21-15/h7-10H,1-6H3,(H,19,23)(H,20,24). The Labute approximate surface area is 142 Å². The Bertz CT molecular complexity index is 765. The van der Waals surface area contributed by atoms with Crippen molar-refractivity contribution in [2.45, 2.75) is 34.6 Å². The first kappa shape index (κ1) is 17.7. The first-order chi connectivity index (χ1) is 11.1. The molecule has 0 atom stereocenters. The Balaban J connectivity index is 2.12. The molecule has 2 amide bonds. The third-order valence-electron chi connectivity index (χ3n) is 3.76. The van der Waals surface area contributed by atoms with Gasteiger partial charge in [0, 0.05) is 29.5 Å². The summed E-state index contributed by atoms with van der Waals surface area (Å²) < 4.78 is 1.66. The Morgan fingerprint density at radius 3 is 2.25 bits per heavy atom. The Kier molecular flexibility index (Phi) is 4.78. The molecule has 0 spiro atoms. The number of benzene rings is 1. The molecule has 24 heavy (non-hydrogen) atoms. The zero-order valence-electron chi connectivity index (χ0n) is 15.0. The minimum atomic E-state index is -0.462. The van der Waals surface area contributed by atoms with Crippen LogP contribution in [-0.2, 0) is 11.8 Å². The molecule has 128 valence electrons. The highest BCUT2D eigenvalue weighted by molar-refractivity contribution is 6.03. The molecule has 2 aromatic rings. The van der Waals surface area contributed by atoms with E-state index in [2.05, 4.69) is 15.7 Å². The van der Waals surface area contributed by atoms with Crippen LogP contribution in [0.3, 0.4) is 0 Å². The average molecular weight is 328 g/mol. The molecule has 0 aliphatic heterocycles. The van der Waals surface area contributed by atoms with E-state index in [0.29, 0.717) is 11.4 Å². The molecule has 0 saturated carbocycles. The van der Waals surface area contributed by atoms with Gasteiger partial charge in [-0.2, -0.15) is 5.10 Å². The van der Waals surface area contributed by atoms with Crippen LogP contribution in [0.25, 0.3) is 0 Å². The van der Waals surface area contributed by atoms with Crippen LogP contribution in [0.4, 0.5) is 11.4 Å². The van der Waals surface area contributed by atoms with Gasteiger partial charge in [-0.15, -0.1) is 0 Å². The topological polar surface area (TPSA) is 76.0 Å². The third kappa shape index (κ3) is 4.01. The van der Waals surface area contributed by atoms with Crippen molar-refractivity contribution in [3.8, 4) is 0 Å². The van der Waals surface area contributed by atoms with E-state index in [0.717, 1.165) is 16.9 Å². The average Bonchev–Trinajstić information content (AvgIpc) is 2.80. The molecule has 2 N–H and O–H groups in total. The number of carbonyl (C=O) groups excluding carboxylic acids is 2. The summed E-state index contributed by atoms with van der Waals surface area (Å²) in [6.07, 6.45) is 0. The van der Waals surface area contributed by atoms with Crippen molar-refractivity contribution in [1.29, 1.82) is 0 Å². The van der Waals surface area contributed by atoms with E-state index in [1.165, 1.54) is 0 Å². The molecular formula is C18H24N4O2. The van der Waals surface area contributed by atoms with Crippen molar-refractivity contribution in [3.63, 3.8) is 0 Å². The van der Waals surface area contributed by atoms with Gasteiger partial charge >= 0.3 is 0 Å². The van der Waals surface area contributed by atoms with Gasteiger partial charge in [-0.25, -0.2) is 0 Å². The summed E-state index contributed by atoms with van der Waals surface area (Å²) in [5.41, 5.74) is 3.10. The molecule has 0 aliphatic carbocycles. The van der Waals surface area contributed by atoms with E-state index >= 15 is 0 Å². The van der Waals surface area contributed by atoms with Crippen molar-refractivity contribution in [2.24, 2.45) is 12.5 Å². The van der Waals surface area contributed by atoms with Crippen LogP contribution >= 0.6 is 0 Å². The van der Waals surface area contributed by atoms with Crippen molar-refractivity contribution in [1.82, 2.24) is 9.78 Å². The summed E-state index contributed by atoms with van der Waals surface area (Å²) in [5, 5.41) is 9.89. The van der Waals surface area contributed by atoms with Gasteiger partial charge in [-0.1, -0.05) is 20.8 Å². The zero-order valence-corrected chi connectivity index (χ0v) is 15.0. The van der Waals surface area contributed by atoms with Gasteiger partial charge < -0.3 is 10.6 Å². The summed E-state index contributed by atoms with van der Waals surface area (Å²) in [7, 11) is 1.79. The third-order valence-corrected chi connectivity index (χ3v) is 3.76. The SMILES string of the molecule is Cc1cc(NC(=O)c2cc(C)n(C)n2)ccc1NC(=O)C(C)(C)C. The number of carbonyl (C=O) groups is 2. The molecule has 6 heteroatoms. The number of hydrogen-bond acceptors (Lipinski definition) is 3. The van der Waals surface area contributed by atoms with Gasteiger partial charge in [0.2, 0.25) is 5.91 Å². The predicted molar refractivity (Wildman–Crippen MR) is 95.2 cm³/mol. The maximum Gasteiger partial charge on any atom is 0.276 e. The Morgan fingerprint density at radius 2 is 1.75 bits per heavy atom. The molecule has 0 unspecified atom stereocenters. The lowest BCUT2D eigenvalue weighted by molar-refractivity contribution is -0.123. The fraction of sp³-hybridized carbons (Fsp3) is 0.389. The van der Waals surface area contributed by atoms with Gasteiger partial charge in [-0.3, -0.25) is 14.3 Å². The number of nitrogens with one attached hydrogen (secondary N) is 2. The van der Waals surface area contributed by atoms with E-state index in [1.54, 1.807) is 29.9 Å². The second-order valence-electron chi connectivity index (χ2n) is 6.98. The lowest BCUT2D eigenvalue weighted by atomic mass is 9.95. The van der Waals surface area contributed by atoms with E-state index < -0.39 is 5.41 Å². The number of nitrogens with zero attached hydrogens (tertiary/aromatic N) is 2. The molecule has 0 fully saturated rings. The predicted octanol–water partition coefficient (Wildman–Crippen LogP) is 3.27. The molecule has 0 aliphatic rings. The summed E-state index contributed by atoms with van der Waals surface area (Å²) in [6.45, 7) is 9.36. The van der Waals surface area contributed by atoms with Crippen molar-refractivity contribution in [2.75, 3.05) is 10.6 Å². The highest BCUT2D eigenvalue weighted by Crippen LogP contribution is 2.23. The molecule has 1 heterocycles. The summed E-state index contributed by atoms with van der Waals surface area (Å²) in [4.78, 5) is 24.3. The number of amides is 2. The molecule has 6 nitrogen and oxygen atoms in total. The van der Waals surface area contributed by atoms with Crippen molar-refractivity contribution >= 4 is 23.2 Å². The van der Waals surface area contributed by atoms with Crippen LogP contribution in [0.15, 0.2) is 24.3 Å². The van der Waals surface area contributed by atoms with Crippen LogP contribution in [0.1, 0.15) is 42.5 Å². The maximum absolute atomic E-state index is 12.2. The molecule has 0 bridgehead atoms. The minimum Gasteiger partial charge on any atom is -0.325 e. The molecular weight excluding hydrogens is 304 g/mol. The quantitative estimate of drug-likeness (QED) is 0.908. The minimum absolute atomic E-state index is 0.0497. The van der Waals surface area contributed by atoms with Gasteiger partial charge in [0.1, 0.15) is 0 Å². The monoisotopic (exact) mass is 328 g/mol. The fourth-order valence-electron chi connectivity index (χ4n) is 2.06. The number of aromatic nitrogens is 2. The second kappa shape index (κ2) is 6.47. The Hall–Kier alpha value is -2.63. The highest BCUT2D eigenvalue weighted by atomic mass is 16.2. The van der Waals surface area contributed by atoms with Gasteiger partial charge in [0.15, 0.2) is 5.69 Å². The van der Waals surface area contributed by atoms with Crippen molar-refractivity contribution in [3.05, 3.63) is 41.2 Å². The lowest BCUT2D eigenvalue weighted by Crippen LogP contribution is -2.27. The number of anilines is 2. The van der Waals surface area contributed by atoms with Gasteiger partial charge in [0.25, 0.3) is 5.91 Å². The first-order valence-corrected chi connectivity index (χ1v) is 7.82. The molecule has 0 saturated heterocycles. The van der Waals surface area contributed by atoms with E-state index in [9.17, 15) is 9.59 Å². The van der Waals surface area contributed by atoms with Crippen molar-refractivity contribution < 1.29 is 9.59 Å². The van der Waals surface area contributed by atoms with E-state index in [1.807, 2.05) is 40.7 Å². The molecule has 1 aromatic heterocycles. The van der Waals surface area contributed by atoms with Crippen LogP contribution in [0, 0.1) is 19.3 Å². The number of aryl methyl sites for hydroxylation is 3. The first-order valence-electron chi connectivity index (χ1n) is 7.82. The van der Waals surface area contributed by atoms with Crippen LogP contribution in [0.5, 0.6) is 0 Å². The number of rotatable bonds is 3. The fourth-order valence-corrected chi connectivity index (χ4v) is 2.06. The summed E-state index contributed by atoms with van der Waals surface area (Å²) >= 11 is 0. The molecule has 1 aromatic carbocycles. The normalized spacial score (nSPS) is 11.2. The van der Waals surface area contributed by atoms with E-state index in [4.69, 9.17) is 0 Å². The molecule has 2 rings (SSSR count). The second-order valence-corrected chi connectivity index (χ2v) is 6.98. The summed E-state index contributed by atoms with van der Waals surface area (Å²) in [6, 6.07) is 7.11. The van der Waals surface area contributed by atoms with Gasteiger partial charge in [0.05, 0.1) is 0 Å². The van der Waals surface area contributed by atoms with Gasteiger partial charge in [-0.05, 0) is 43.7 Å². The van der Waals surface area contributed by atoms with Crippen LogP contribution in [0.2, 0.25) is 0 Å². The van der Waals surface area contributed by atoms with Crippen LogP contribution < -0.4 is 10.6 Å². The highest BCUT2D eigenvalue weighted by Gasteiger charge is 2.21. The van der Waals surface area contributed by atoms with Crippen LogP contribution in [-0.4, -0.2) is 21.6 Å². The lowest BCUT2D eigenvalue weighted by Gasteiger charge is -2.19. The molecule has 0 radical (unpaired) electrons. The van der Waals surface area contributed by atoms with E-state index in [-0.39, 0.29) is 11.8 Å². The zero-order chi connectivity index (χ0) is 18.1. The smallest absolute Gasteiger partial charge is 0.276 e. The summed E-state index contributed by atoms with van der Waals surface area (Å²) in [5.74, 6) is -0.309.